The lowest BCUT2D eigenvalue weighted by Crippen LogP contribution is -2.42. The molecule has 3 aromatic rings. The molecule has 3 rings (SSSR count). The van der Waals surface area contributed by atoms with Crippen LogP contribution in [0.2, 0.25) is 19.6 Å². The Balaban J connectivity index is 2.01. The monoisotopic (exact) mass is 398 g/mol. The molecule has 0 spiro atoms. The third-order valence-corrected chi connectivity index (χ3v) is 5.95. The summed E-state index contributed by atoms with van der Waals surface area (Å²) < 4.78 is 58.5. The van der Waals surface area contributed by atoms with E-state index < -0.39 is 32.1 Å². The lowest BCUT2D eigenvalue weighted by Gasteiger charge is -2.19. The number of hydrogen-bond donors (Lipinski definition) is 0. The van der Waals surface area contributed by atoms with Gasteiger partial charge in [-0.1, -0.05) is 24.9 Å². The molecule has 0 N–H and O–H groups in total. The quantitative estimate of drug-likeness (QED) is 0.496. The summed E-state index contributed by atoms with van der Waals surface area (Å²) in [5.41, 5.74) is 1.86. The maximum Gasteiger partial charge on any atom is 0.425 e. The van der Waals surface area contributed by atoms with Crippen LogP contribution in [0.3, 0.4) is 0 Å². The summed E-state index contributed by atoms with van der Waals surface area (Å²) in [7, 11) is -1.80. The Bertz CT molecular complexity index is 981. The molecule has 0 aliphatic carbocycles. The second kappa shape index (κ2) is 6.59. The van der Waals surface area contributed by atoms with Gasteiger partial charge in [0.25, 0.3) is 5.88 Å². The predicted octanol–water partition coefficient (Wildman–Crippen LogP) is 3.81. The molecule has 3 heterocycles. The van der Waals surface area contributed by atoms with Crippen LogP contribution in [0, 0.1) is 5.82 Å². The van der Waals surface area contributed by atoms with Crippen molar-refractivity contribution < 1.29 is 22.3 Å². The van der Waals surface area contributed by atoms with Crippen molar-refractivity contribution in [2.24, 2.45) is 0 Å². The van der Waals surface area contributed by atoms with Crippen LogP contribution >= 0.6 is 0 Å². The van der Waals surface area contributed by atoms with Crippen LogP contribution in [0.5, 0.6) is 5.88 Å². The smallest absolute Gasteiger partial charge is 0.425 e. The van der Waals surface area contributed by atoms with Gasteiger partial charge in [-0.05, 0) is 30.7 Å². The Kier molecular flexibility index (Phi) is 4.70. The minimum absolute atomic E-state index is 0.433. The molecule has 3 aromatic heterocycles. The highest BCUT2D eigenvalue weighted by Crippen LogP contribution is 2.28. The average molecular weight is 398 g/mol. The summed E-state index contributed by atoms with van der Waals surface area (Å²) in [6.45, 7) is 7.22. The number of rotatable bonds is 4. The van der Waals surface area contributed by atoms with Crippen LogP contribution in [-0.4, -0.2) is 40.2 Å². The van der Waals surface area contributed by atoms with Crippen LogP contribution in [0.1, 0.15) is 6.92 Å². The highest BCUT2D eigenvalue weighted by molar-refractivity contribution is 6.88. The zero-order chi connectivity index (χ0) is 20.0. The first kappa shape index (κ1) is 19.3. The summed E-state index contributed by atoms with van der Waals surface area (Å²) in [6.07, 6.45) is -3.86. The standard InChI is InChI=1S/C17H18F4N4OSi/c1-10(17(19,20)21)26-16-14(18)6-12(8-22-16)11-5-13-9-23-24-25(13)15(7-11)27(2,3)4/h5-10H,1-4H3. The molecule has 0 amide bonds. The second-order valence-electron chi connectivity index (χ2n) is 7.26. The molecule has 5 nitrogen and oxygen atoms in total. The largest absolute Gasteiger partial charge is 0.463 e. The summed E-state index contributed by atoms with van der Waals surface area (Å²) >= 11 is 0. The first-order chi connectivity index (χ1) is 12.5. The zero-order valence-corrected chi connectivity index (χ0v) is 16.2. The van der Waals surface area contributed by atoms with Crippen molar-refractivity contribution >= 4 is 18.9 Å². The van der Waals surface area contributed by atoms with Crippen molar-refractivity contribution in [3.05, 3.63) is 36.4 Å². The molecule has 0 aliphatic heterocycles. The van der Waals surface area contributed by atoms with Crippen molar-refractivity contribution in [1.29, 1.82) is 0 Å². The lowest BCUT2D eigenvalue weighted by atomic mass is 10.1. The van der Waals surface area contributed by atoms with Crippen LogP contribution in [0.25, 0.3) is 16.6 Å². The maximum atomic E-state index is 14.3. The van der Waals surface area contributed by atoms with Crippen LogP contribution in [0.4, 0.5) is 17.6 Å². The Hall–Kier alpha value is -2.49. The first-order valence-electron chi connectivity index (χ1n) is 8.21. The first-order valence-corrected chi connectivity index (χ1v) is 11.7. The van der Waals surface area contributed by atoms with E-state index in [2.05, 4.69) is 39.7 Å². The van der Waals surface area contributed by atoms with Gasteiger partial charge in [0.15, 0.2) is 11.9 Å². The topological polar surface area (TPSA) is 52.3 Å². The maximum absolute atomic E-state index is 14.3. The van der Waals surface area contributed by atoms with Crippen molar-refractivity contribution in [1.82, 2.24) is 19.8 Å². The van der Waals surface area contributed by atoms with Gasteiger partial charge in [0.1, 0.15) is 8.07 Å². The van der Waals surface area contributed by atoms with E-state index in [1.807, 2.05) is 6.07 Å². The van der Waals surface area contributed by atoms with E-state index in [1.54, 1.807) is 16.8 Å². The molecule has 0 bridgehead atoms. The number of aromatic nitrogens is 4. The third-order valence-electron chi connectivity index (χ3n) is 4.06. The van der Waals surface area contributed by atoms with Crippen molar-refractivity contribution in [3.8, 4) is 17.0 Å². The van der Waals surface area contributed by atoms with Gasteiger partial charge in [-0.3, -0.25) is 0 Å². The molecule has 0 saturated carbocycles. The molecule has 10 heteroatoms. The van der Waals surface area contributed by atoms with Crippen LogP contribution in [-0.2, 0) is 0 Å². The second-order valence-corrected chi connectivity index (χ2v) is 12.3. The van der Waals surface area contributed by atoms with E-state index in [9.17, 15) is 17.6 Å². The molecule has 0 fully saturated rings. The molecular formula is C17H18F4N4OSi. The summed E-state index contributed by atoms with van der Waals surface area (Å²) in [4.78, 5) is 3.74. The van der Waals surface area contributed by atoms with Gasteiger partial charge >= 0.3 is 6.18 Å². The SMILES string of the molecule is CC(Oc1ncc(-c2cc([Si](C)(C)C)n3nncc3c2)cc1F)C(F)(F)F. The number of ether oxygens (including phenoxy) is 1. The van der Waals surface area contributed by atoms with E-state index in [4.69, 9.17) is 0 Å². The normalized spacial score (nSPS) is 13.8. The summed E-state index contributed by atoms with van der Waals surface area (Å²) in [5, 5.41) is 8.99. The number of halogens is 4. The van der Waals surface area contributed by atoms with Gasteiger partial charge < -0.3 is 4.74 Å². The Morgan fingerprint density at radius 3 is 2.37 bits per heavy atom. The van der Waals surface area contributed by atoms with Crippen LogP contribution < -0.4 is 10.1 Å². The van der Waals surface area contributed by atoms with E-state index >= 15 is 0 Å². The number of pyridine rings is 2. The molecule has 144 valence electrons. The van der Waals surface area contributed by atoms with Gasteiger partial charge in [0, 0.05) is 17.1 Å². The van der Waals surface area contributed by atoms with Crippen LogP contribution in [0.15, 0.2) is 30.6 Å². The van der Waals surface area contributed by atoms with Gasteiger partial charge in [-0.2, -0.15) is 13.2 Å². The Morgan fingerprint density at radius 2 is 1.78 bits per heavy atom. The van der Waals surface area contributed by atoms with Crippen molar-refractivity contribution in [2.75, 3.05) is 0 Å². The Labute approximate surface area is 154 Å². The molecule has 1 unspecified atom stereocenters. The summed E-state index contributed by atoms with van der Waals surface area (Å²) in [5.74, 6) is -1.63. The lowest BCUT2D eigenvalue weighted by molar-refractivity contribution is -0.190. The number of alkyl halides is 3. The number of hydrogen-bond acceptors (Lipinski definition) is 4. The molecule has 0 aromatic carbocycles. The van der Waals surface area contributed by atoms with Gasteiger partial charge in [-0.25, -0.2) is 13.9 Å². The predicted molar refractivity (Wildman–Crippen MR) is 95.3 cm³/mol. The van der Waals surface area contributed by atoms with Gasteiger partial charge in [-0.15, -0.1) is 5.10 Å². The fraction of sp³-hybridized carbons (Fsp3) is 0.353. The zero-order valence-electron chi connectivity index (χ0n) is 15.2. The van der Waals surface area contributed by atoms with Gasteiger partial charge in [0.2, 0.25) is 0 Å². The van der Waals surface area contributed by atoms with E-state index in [0.29, 0.717) is 11.1 Å². The molecule has 1 atom stereocenters. The number of nitrogens with zero attached hydrogens (tertiary/aromatic N) is 4. The fourth-order valence-corrected chi connectivity index (χ4v) is 3.94. The summed E-state index contributed by atoms with van der Waals surface area (Å²) in [6, 6.07) is 4.79. The minimum Gasteiger partial charge on any atom is -0.463 e. The number of fused-ring (bicyclic) bond motifs is 1. The van der Waals surface area contributed by atoms with E-state index in [-0.39, 0.29) is 0 Å². The van der Waals surface area contributed by atoms with Crippen molar-refractivity contribution in [3.63, 3.8) is 0 Å². The highest BCUT2D eigenvalue weighted by atomic mass is 28.3. The Morgan fingerprint density at radius 1 is 1.07 bits per heavy atom. The fourth-order valence-electron chi connectivity index (χ4n) is 2.54. The van der Waals surface area contributed by atoms with E-state index in [1.165, 1.54) is 6.20 Å². The molecule has 0 radical (unpaired) electrons. The van der Waals surface area contributed by atoms with Crippen molar-refractivity contribution in [2.45, 2.75) is 38.8 Å². The van der Waals surface area contributed by atoms with E-state index in [0.717, 1.165) is 23.8 Å². The average Bonchev–Trinajstić information content (AvgIpc) is 3.02. The molecule has 27 heavy (non-hydrogen) atoms. The minimum atomic E-state index is -4.60. The van der Waals surface area contributed by atoms with Gasteiger partial charge in [0.05, 0.1) is 11.7 Å². The molecular weight excluding hydrogens is 380 g/mol. The molecule has 0 aliphatic rings. The third kappa shape index (κ3) is 3.94. The molecule has 0 saturated heterocycles. The highest BCUT2D eigenvalue weighted by Gasteiger charge is 2.38.